The minimum atomic E-state index is -2.58. The standard InChI is InChI=1S/C9H24N2O3Si/c1-5-11(10)9-15(12-6-2,13-7-3)14-8-4/h5-10H2,1-4H3. The molecule has 0 rings (SSSR count). The van der Waals surface area contributed by atoms with Gasteiger partial charge in [0.1, 0.15) is 0 Å². The van der Waals surface area contributed by atoms with Crippen molar-refractivity contribution in [3.63, 3.8) is 0 Å². The van der Waals surface area contributed by atoms with E-state index in [1.54, 1.807) is 5.01 Å². The summed E-state index contributed by atoms with van der Waals surface area (Å²) in [4.78, 5) is 0. The summed E-state index contributed by atoms with van der Waals surface area (Å²) in [6.45, 7) is 10.3. The van der Waals surface area contributed by atoms with Crippen molar-refractivity contribution in [2.24, 2.45) is 5.84 Å². The lowest BCUT2D eigenvalue weighted by molar-refractivity contribution is 0.0573. The Labute approximate surface area is 93.8 Å². The Morgan fingerprint density at radius 1 is 0.933 bits per heavy atom. The van der Waals surface area contributed by atoms with Crippen molar-refractivity contribution in [3.05, 3.63) is 0 Å². The van der Waals surface area contributed by atoms with Crippen molar-refractivity contribution >= 4 is 8.80 Å². The van der Waals surface area contributed by atoms with Crippen LogP contribution in [0.1, 0.15) is 27.7 Å². The molecular formula is C9H24N2O3Si. The van der Waals surface area contributed by atoms with Gasteiger partial charge in [0.15, 0.2) is 0 Å². The Morgan fingerprint density at radius 2 is 1.33 bits per heavy atom. The highest BCUT2D eigenvalue weighted by Gasteiger charge is 2.41. The van der Waals surface area contributed by atoms with Gasteiger partial charge in [-0.15, -0.1) is 0 Å². The summed E-state index contributed by atoms with van der Waals surface area (Å²) in [5.41, 5.74) is 0. The predicted octanol–water partition coefficient (Wildman–Crippen LogP) is 0.770. The minimum Gasteiger partial charge on any atom is -0.373 e. The molecule has 0 saturated heterocycles. The van der Waals surface area contributed by atoms with E-state index < -0.39 is 8.80 Å². The molecule has 0 unspecified atom stereocenters. The normalized spacial score (nSPS) is 12.4. The molecule has 92 valence electrons. The first-order chi connectivity index (χ1) is 7.14. The maximum Gasteiger partial charge on any atom is 0.517 e. The number of hydrogen-bond donors (Lipinski definition) is 1. The van der Waals surface area contributed by atoms with Crippen LogP contribution in [-0.4, -0.2) is 46.3 Å². The third-order valence-electron chi connectivity index (χ3n) is 1.90. The van der Waals surface area contributed by atoms with E-state index in [4.69, 9.17) is 19.1 Å². The Morgan fingerprint density at radius 3 is 1.60 bits per heavy atom. The second-order valence-electron chi connectivity index (χ2n) is 3.05. The smallest absolute Gasteiger partial charge is 0.373 e. The first-order valence-corrected chi connectivity index (χ1v) is 7.48. The maximum atomic E-state index is 5.78. The van der Waals surface area contributed by atoms with Gasteiger partial charge in [0.05, 0.1) is 6.17 Å². The van der Waals surface area contributed by atoms with E-state index in [9.17, 15) is 0 Å². The predicted molar refractivity (Wildman–Crippen MR) is 62.1 cm³/mol. The molecule has 15 heavy (non-hydrogen) atoms. The minimum absolute atomic E-state index is 0.541. The van der Waals surface area contributed by atoms with Crippen LogP contribution in [0.3, 0.4) is 0 Å². The molecule has 0 aromatic heterocycles. The van der Waals surface area contributed by atoms with Crippen molar-refractivity contribution in [3.8, 4) is 0 Å². The van der Waals surface area contributed by atoms with Crippen molar-refractivity contribution in [2.75, 3.05) is 32.5 Å². The van der Waals surface area contributed by atoms with Crippen LogP contribution in [0.5, 0.6) is 0 Å². The van der Waals surface area contributed by atoms with Crippen molar-refractivity contribution in [2.45, 2.75) is 27.7 Å². The third-order valence-corrected chi connectivity index (χ3v) is 4.87. The number of hydrogen-bond acceptors (Lipinski definition) is 5. The summed E-state index contributed by atoms with van der Waals surface area (Å²) in [5, 5.41) is 1.67. The molecule has 0 saturated carbocycles. The average Bonchev–Trinajstić information content (AvgIpc) is 2.18. The second kappa shape index (κ2) is 8.20. The van der Waals surface area contributed by atoms with Gasteiger partial charge in [0.25, 0.3) is 0 Å². The number of nitrogens with zero attached hydrogens (tertiary/aromatic N) is 1. The van der Waals surface area contributed by atoms with Crippen molar-refractivity contribution < 1.29 is 13.3 Å². The summed E-state index contributed by atoms with van der Waals surface area (Å²) in [7, 11) is -2.58. The summed E-state index contributed by atoms with van der Waals surface area (Å²) in [5.74, 6) is 5.78. The Kier molecular flexibility index (Phi) is 8.21. The van der Waals surface area contributed by atoms with E-state index in [0.29, 0.717) is 26.0 Å². The molecule has 0 atom stereocenters. The Bertz CT molecular complexity index is 143. The van der Waals surface area contributed by atoms with Crippen LogP contribution in [0.2, 0.25) is 0 Å². The molecule has 0 aliphatic rings. The van der Waals surface area contributed by atoms with Gasteiger partial charge in [-0.1, -0.05) is 6.92 Å². The molecule has 0 fully saturated rings. The summed E-state index contributed by atoms with van der Waals surface area (Å²) < 4.78 is 17.0. The van der Waals surface area contributed by atoms with E-state index in [0.717, 1.165) is 6.54 Å². The summed E-state index contributed by atoms with van der Waals surface area (Å²) in [6, 6.07) is 0. The SMILES string of the molecule is CCO[Si](CN(N)CC)(OCC)OCC. The number of nitrogens with two attached hydrogens (primary N) is 1. The van der Waals surface area contributed by atoms with E-state index in [1.165, 1.54) is 0 Å². The molecule has 0 bridgehead atoms. The van der Waals surface area contributed by atoms with E-state index in [2.05, 4.69) is 0 Å². The molecule has 0 spiro atoms. The van der Waals surface area contributed by atoms with Gasteiger partial charge in [-0.3, -0.25) is 5.84 Å². The van der Waals surface area contributed by atoms with Gasteiger partial charge in [-0.2, -0.15) is 0 Å². The Balaban J connectivity index is 4.44. The lowest BCUT2D eigenvalue weighted by Gasteiger charge is -2.31. The van der Waals surface area contributed by atoms with Crippen LogP contribution < -0.4 is 5.84 Å². The average molecular weight is 236 g/mol. The van der Waals surface area contributed by atoms with Gasteiger partial charge in [0.2, 0.25) is 0 Å². The highest BCUT2D eigenvalue weighted by atomic mass is 28.4. The zero-order chi connectivity index (χ0) is 11.7. The molecule has 0 aromatic carbocycles. The zero-order valence-electron chi connectivity index (χ0n) is 10.3. The molecule has 6 heteroatoms. The van der Waals surface area contributed by atoms with E-state index in [-0.39, 0.29) is 0 Å². The monoisotopic (exact) mass is 236 g/mol. The van der Waals surface area contributed by atoms with Crippen LogP contribution in [0.15, 0.2) is 0 Å². The van der Waals surface area contributed by atoms with Crippen molar-refractivity contribution in [1.82, 2.24) is 5.01 Å². The fraction of sp³-hybridized carbons (Fsp3) is 1.00. The van der Waals surface area contributed by atoms with Gasteiger partial charge in [-0.25, -0.2) is 5.01 Å². The van der Waals surface area contributed by atoms with E-state index in [1.807, 2.05) is 27.7 Å². The van der Waals surface area contributed by atoms with Gasteiger partial charge in [-0.05, 0) is 20.8 Å². The number of hydrazine groups is 1. The summed E-state index contributed by atoms with van der Waals surface area (Å²) >= 11 is 0. The highest BCUT2D eigenvalue weighted by Crippen LogP contribution is 2.10. The van der Waals surface area contributed by atoms with Gasteiger partial charge >= 0.3 is 8.80 Å². The molecule has 0 aromatic rings. The molecule has 5 nitrogen and oxygen atoms in total. The molecule has 2 N–H and O–H groups in total. The van der Waals surface area contributed by atoms with E-state index >= 15 is 0 Å². The zero-order valence-corrected chi connectivity index (χ0v) is 11.3. The van der Waals surface area contributed by atoms with Crippen LogP contribution in [0.25, 0.3) is 0 Å². The fourth-order valence-electron chi connectivity index (χ4n) is 1.28. The van der Waals surface area contributed by atoms with Gasteiger partial charge < -0.3 is 13.3 Å². The lowest BCUT2D eigenvalue weighted by atomic mass is 10.7. The fourth-order valence-corrected chi connectivity index (χ4v) is 3.85. The number of rotatable bonds is 9. The first kappa shape index (κ1) is 15.0. The Hall–Kier alpha value is 0.0169. The second-order valence-corrected chi connectivity index (χ2v) is 5.59. The molecule has 0 heterocycles. The van der Waals surface area contributed by atoms with Crippen LogP contribution in [0.4, 0.5) is 0 Å². The molecule has 0 aliphatic heterocycles. The molecule has 0 amide bonds. The quantitative estimate of drug-likeness (QED) is 0.364. The third kappa shape index (κ3) is 5.60. The lowest BCUT2D eigenvalue weighted by Crippen LogP contribution is -2.57. The topological polar surface area (TPSA) is 57.0 Å². The largest absolute Gasteiger partial charge is 0.517 e. The van der Waals surface area contributed by atoms with Gasteiger partial charge in [0, 0.05) is 26.4 Å². The molecular weight excluding hydrogens is 212 g/mol. The van der Waals surface area contributed by atoms with Crippen molar-refractivity contribution in [1.29, 1.82) is 0 Å². The van der Waals surface area contributed by atoms with Crippen LogP contribution >= 0.6 is 0 Å². The first-order valence-electron chi connectivity index (χ1n) is 5.55. The molecule has 0 aliphatic carbocycles. The molecule has 0 radical (unpaired) electrons. The summed E-state index contributed by atoms with van der Waals surface area (Å²) in [6.07, 6.45) is 0.541. The maximum absolute atomic E-state index is 5.78. The van der Waals surface area contributed by atoms with Crippen LogP contribution in [-0.2, 0) is 13.3 Å². The highest BCUT2D eigenvalue weighted by molar-refractivity contribution is 6.60. The van der Waals surface area contributed by atoms with Crippen LogP contribution in [0, 0.1) is 0 Å².